The summed E-state index contributed by atoms with van der Waals surface area (Å²) in [6.07, 6.45) is -2.94. The predicted octanol–water partition coefficient (Wildman–Crippen LogP) is 1.70. The smallest absolute Gasteiger partial charge is 0.383 e. The maximum Gasteiger partial charge on any atom is 0.417 e. The summed E-state index contributed by atoms with van der Waals surface area (Å²) in [5, 5.41) is 14.5. The maximum absolute atomic E-state index is 13.3. The van der Waals surface area contributed by atoms with Gasteiger partial charge < -0.3 is 25.2 Å². The van der Waals surface area contributed by atoms with Crippen LogP contribution in [0, 0.1) is 11.3 Å². The molecule has 1 saturated carbocycles. The zero-order valence-corrected chi connectivity index (χ0v) is 17.0. The van der Waals surface area contributed by atoms with Gasteiger partial charge in [0.15, 0.2) is 0 Å². The number of hydrogen-bond donors (Lipinski definition) is 2. The standard InChI is InChI=1S/C20H24F3N5O3/c1-31-9-6-25-19(30)28-8-7-27(12-17(28)18(29)26-14-3-4-14)15-5-2-13(11-24)16(10-15)20(21,22)23/h2,5,10,14,17H,3-4,6-9,12H2,1H3,(H,25,30)(H,26,29). The number of carbonyl (C=O) groups is 2. The van der Waals surface area contributed by atoms with E-state index >= 15 is 0 Å². The lowest BCUT2D eigenvalue weighted by Crippen LogP contribution is -2.62. The molecular weight excluding hydrogens is 415 g/mol. The van der Waals surface area contributed by atoms with E-state index in [0.29, 0.717) is 6.61 Å². The van der Waals surface area contributed by atoms with Crippen molar-refractivity contribution in [3.8, 4) is 6.07 Å². The van der Waals surface area contributed by atoms with Gasteiger partial charge in [-0.1, -0.05) is 0 Å². The number of benzene rings is 1. The molecule has 0 aromatic heterocycles. The van der Waals surface area contributed by atoms with Gasteiger partial charge in [-0.25, -0.2) is 4.79 Å². The van der Waals surface area contributed by atoms with Crippen LogP contribution in [0.4, 0.5) is 23.7 Å². The maximum atomic E-state index is 13.3. The van der Waals surface area contributed by atoms with Gasteiger partial charge in [0.25, 0.3) is 0 Å². The zero-order chi connectivity index (χ0) is 22.6. The van der Waals surface area contributed by atoms with Crippen LogP contribution in [0.2, 0.25) is 0 Å². The average Bonchev–Trinajstić information content (AvgIpc) is 3.56. The van der Waals surface area contributed by atoms with Crippen molar-refractivity contribution in [1.29, 1.82) is 5.26 Å². The van der Waals surface area contributed by atoms with Crippen molar-refractivity contribution in [2.24, 2.45) is 0 Å². The minimum atomic E-state index is -4.67. The summed E-state index contributed by atoms with van der Waals surface area (Å²) in [6.45, 7) is 1.03. The van der Waals surface area contributed by atoms with Gasteiger partial charge in [0.2, 0.25) is 5.91 Å². The van der Waals surface area contributed by atoms with Gasteiger partial charge in [0.1, 0.15) is 6.04 Å². The lowest BCUT2D eigenvalue weighted by molar-refractivity contribution is -0.137. The van der Waals surface area contributed by atoms with Crippen molar-refractivity contribution in [1.82, 2.24) is 15.5 Å². The lowest BCUT2D eigenvalue weighted by atomic mass is 10.0. The molecule has 2 N–H and O–H groups in total. The highest BCUT2D eigenvalue weighted by atomic mass is 19.4. The first-order chi connectivity index (χ1) is 14.7. The molecule has 8 nitrogen and oxygen atoms in total. The van der Waals surface area contributed by atoms with E-state index in [4.69, 9.17) is 10.00 Å². The van der Waals surface area contributed by atoms with Crippen molar-refractivity contribution in [2.45, 2.75) is 31.1 Å². The Hall–Kier alpha value is -3.00. The SMILES string of the molecule is COCCNC(=O)N1CCN(c2ccc(C#N)c(C(F)(F)F)c2)CC1C(=O)NC1CC1. The second-order valence-electron chi connectivity index (χ2n) is 7.50. The third-order valence-electron chi connectivity index (χ3n) is 5.24. The van der Waals surface area contributed by atoms with Crippen molar-refractivity contribution in [3.05, 3.63) is 29.3 Å². The monoisotopic (exact) mass is 439 g/mol. The molecule has 0 radical (unpaired) electrons. The van der Waals surface area contributed by atoms with Crippen LogP contribution in [0.1, 0.15) is 24.0 Å². The molecular formula is C20H24F3N5O3. The molecule has 168 valence electrons. The fraction of sp³-hybridized carbons (Fsp3) is 0.550. The van der Waals surface area contributed by atoms with Crippen LogP contribution >= 0.6 is 0 Å². The fourth-order valence-corrected chi connectivity index (χ4v) is 3.43. The second-order valence-corrected chi connectivity index (χ2v) is 7.50. The Kier molecular flexibility index (Phi) is 6.90. The van der Waals surface area contributed by atoms with Gasteiger partial charge in [-0.05, 0) is 31.0 Å². The van der Waals surface area contributed by atoms with Crippen LogP contribution in [0.25, 0.3) is 0 Å². The highest BCUT2D eigenvalue weighted by molar-refractivity contribution is 5.88. The first kappa shape index (κ1) is 22.7. The van der Waals surface area contributed by atoms with Crippen molar-refractivity contribution < 1.29 is 27.5 Å². The van der Waals surface area contributed by atoms with Crippen LogP contribution in [0.5, 0.6) is 0 Å². The molecule has 11 heteroatoms. The van der Waals surface area contributed by atoms with E-state index in [-0.39, 0.29) is 43.8 Å². The second kappa shape index (κ2) is 9.43. The number of nitrogens with zero attached hydrogens (tertiary/aromatic N) is 3. The van der Waals surface area contributed by atoms with Gasteiger partial charge in [-0.2, -0.15) is 18.4 Å². The molecule has 1 unspecified atom stereocenters. The third kappa shape index (κ3) is 5.58. The Morgan fingerprint density at radius 2 is 2.03 bits per heavy atom. The predicted molar refractivity (Wildman–Crippen MR) is 105 cm³/mol. The Morgan fingerprint density at radius 1 is 1.29 bits per heavy atom. The minimum absolute atomic E-state index is 0.0411. The summed E-state index contributed by atoms with van der Waals surface area (Å²) in [5.41, 5.74) is -1.24. The number of nitrogens with one attached hydrogen (secondary N) is 2. The molecule has 2 aliphatic rings. The molecule has 3 rings (SSSR count). The molecule has 1 saturated heterocycles. The number of urea groups is 1. The van der Waals surface area contributed by atoms with E-state index in [2.05, 4.69) is 10.6 Å². The number of rotatable bonds is 6. The first-order valence-corrected chi connectivity index (χ1v) is 9.94. The minimum Gasteiger partial charge on any atom is -0.383 e. The summed E-state index contributed by atoms with van der Waals surface area (Å²) in [7, 11) is 1.50. The largest absolute Gasteiger partial charge is 0.417 e. The van der Waals surface area contributed by atoms with E-state index in [1.165, 1.54) is 18.1 Å². The molecule has 3 amide bonds. The number of ether oxygens (including phenoxy) is 1. The van der Waals surface area contributed by atoms with Crippen LogP contribution < -0.4 is 15.5 Å². The van der Waals surface area contributed by atoms with E-state index in [1.54, 1.807) is 11.0 Å². The Bertz CT molecular complexity index is 867. The summed E-state index contributed by atoms with van der Waals surface area (Å²) in [5.74, 6) is -0.334. The molecule has 0 bridgehead atoms. The van der Waals surface area contributed by atoms with Crippen LogP contribution in [0.15, 0.2) is 18.2 Å². The number of methoxy groups -OCH3 is 1. The molecule has 1 atom stereocenters. The highest BCUT2D eigenvalue weighted by Crippen LogP contribution is 2.35. The van der Waals surface area contributed by atoms with Crippen LogP contribution in [-0.2, 0) is 15.7 Å². The molecule has 0 spiro atoms. The quantitative estimate of drug-likeness (QED) is 0.658. The zero-order valence-electron chi connectivity index (χ0n) is 17.0. The number of hydrogen-bond acceptors (Lipinski definition) is 5. The van der Waals surface area contributed by atoms with E-state index in [1.807, 2.05) is 0 Å². The van der Waals surface area contributed by atoms with Crippen molar-refractivity contribution in [2.75, 3.05) is 44.8 Å². The number of amides is 3. The van der Waals surface area contributed by atoms with E-state index in [9.17, 15) is 22.8 Å². The van der Waals surface area contributed by atoms with Crippen LogP contribution in [-0.4, -0.2) is 68.8 Å². The number of anilines is 1. The summed E-state index contributed by atoms with van der Waals surface area (Å²) in [4.78, 5) is 28.4. The van der Waals surface area contributed by atoms with E-state index < -0.39 is 29.4 Å². The Balaban J connectivity index is 1.81. The normalized spacial score (nSPS) is 19.0. The number of alkyl halides is 3. The third-order valence-corrected chi connectivity index (χ3v) is 5.24. The van der Waals surface area contributed by atoms with Gasteiger partial charge in [-0.15, -0.1) is 0 Å². The molecule has 2 fully saturated rings. The van der Waals surface area contributed by atoms with E-state index in [0.717, 1.165) is 25.0 Å². The number of carbonyl (C=O) groups excluding carboxylic acids is 2. The number of halogens is 3. The summed E-state index contributed by atoms with van der Waals surface area (Å²) < 4.78 is 45.0. The summed E-state index contributed by atoms with van der Waals surface area (Å²) >= 11 is 0. The highest BCUT2D eigenvalue weighted by Gasteiger charge is 2.39. The van der Waals surface area contributed by atoms with Gasteiger partial charge >= 0.3 is 12.2 Å². The number of nitriles is 1. The van der Waals surface area contributed by atoms with Gasteiger partial charge in [-0.3, -0.25) is 4.79 Å². The topological polar surface area (TPSA) is 97.7 Å². The molecule has 1 aliphatic carbocycles. The molecule has 1 aromatic rings. The van der Waals surface area contributed by atoms with Gasteiger partial charge in [0.05, 0.1) is 23.8 Å². The van der Waals surface area contributed by atoms with Gasteiger partial charge in [0, 0.05) is 45.0 Å². The first-order valence-electron chi connectivity index (χ1n) is 9.94. The van der Waals surface area contributed by atoms with Crippen molar-refractivity contribution >= 4 is 17.6 Å². The van der Waals surface area contributed by atoms with Crippen molar-refractivity contribution in [3.63, 3.8) is 0 Å². The molecule has 1 aromatic carbocycles. The average molecular weight is 439 g/mol. The van der Waals surface area contributed by atoms with Crippen LogP contribution in [0.3, 0.4) is 0 Å². The summed E-state index contributed by atoms with van der Waals surface area (Å²) in [6, 6.07) is 3.82. The molecule has 31 heavy (non-hydrogen) atoms. The number of piperazine rings is 1. The fourth-order valence-electron chi connectivity index (χ4n) is 3.43. The Labute approximate surface area is 177 Å². The Morgan fingerprint density at radius 3 is 2.65 bits per heavy atom. The molecule has 1 aliphatic heterocycles. The lowest BCUT2D eigenvalue weighted by Gasteiger charge is -2.41. The molecule has 1 heterocycles.